The second-order valence-corrected chi connectivity index (χ2v) is 7.82. The number of nitrogens with one attached hydrogen (secondary N) is 1. The van der Waals surface area contributed by atoms with Crippen molar-refractivity contribution in [3.63, 3.8) is 0 Å². The lowest BCUT2D eigenvalue weighted by Gasteiger charge is -2.16. The fourth-order valence-electron chi connectivity index (χ4n) is 1.85. The maximum Gasteiger partial charge on any atom is 0.152 e. The van der Waals surface area contributed by atoms with Gasteiger partial charge in [-0.15, -0.1) is 0 Å². The van der Waals surface area contributed by atoms with Crippen molar-refractivity contribution in [3.05, 3.63) is 24.3 Å². The molecule has 0 aliphatic rings. The van der Waals surface area contributed by atoms with Crippen LogP contribution < -0.4 is 10.1 Å². The van der Waals surface area contributed by atoms with Crippen LogP contribution in [0.25, 0.3) is 0 Å². The van der Waals surface area contributed by atoms with Crippen molar-refractivity contribution in [3.8, 4) is 5.75 Å². The van der Waals surface area contributed by atoms with Gasteiger partial charge in [-0.3, -0.25) is 0 Å². The molecule has 0 fully saturated rings. The molecule has 120 valence electrons. The Bertz CT molecular complexity index is 529. The van der Waals surface area contributed by atoms with E-state index in [1.165, 1.54) is 0 Å². The molecule has 0 aromatic heterocycles. The molecule has 1 rings (SSSR count). The number of likely N-dealkylation sites (N-methyl/N-ethyl adjacent to an activating group) is 1. The third-order valence-corrected chi connectivity index (χ3v) is 4.89. The zero-order chi connectivity index (χ0) is 15.9. The predicted molar refractivity (Wildman–Crippen MR) is 87.9 cm³/mol. The average Bonchev–Trinajstić information content (AvgIpc) is 2.38. The van der Waals surface area contributed by atoms with E-state index < -0.39 is 9.84 Å². The first kappa shape index (κ1) is 17.8. The van der Waals surface area contributed by atoms with Crippen molar-refractivity contribution in [1.29, 1.82) is 0 Å². The standard InChI is InChI=1S/C15H26N2O3S/c1-5-21(18,19)12-13(2)16-14-7-6-8-15(11-14)20-10-9-17(3)4/h6-8,11,13,16H,5,9-10,12H2,1-4H3. The molecule has 5 nitrogen and oxygen atoms in total. The lowest BCUT2D eigenvalue weighted by atomic mass is 10.2. The first-order valence-electron chi connectivity index (χ1n) is 7.17. The number of rotatable bonds is 9. The van der Waals surface area contributed by atoms with E-state index in [2.05, 4.69) is 10.2 Å². The van der Waals surface area contributed by atoms with Gasteiger partial charge in [-0.1, -0.05) is 13.0 Å². The first-order chi connectivity index (χ1) is 9.82. The Hall–Kier alpha value is -1.27. The Morgan fingerprint density at radius 3 is 2.67 bits per heavy atom. The molecular weight excluding hydrogens is 288 g/mol. The highest BCUT2D eigenvalue weighted by atomic mass is 32.2. The average molecular weight is 314 g/mol. The number of hydrogen-bond donors (Lipinski definition) is 1. The molecule has 0 aliphatic heterocycles. The van der Waals surface area contributed by atoms with E-state index in [9.17, 15) is 8.42 Å². The normalized spacial score (nSPS) is 13.2. The first-order valence-corrected chi connectivity index (χ1v) is 8.99. The molecule has 21 heavy (non-hydrogen) atoms. The monoisotopic (exact) mass is 314 g/mol. The molecule has 0 aliphatic carbocycles. The molecule has 0 saturated heterocycles. The fraction of sp³-hybridized carbons (Fsp3) is 0.600. The van der Waals surface area contributed by atoms with Gasteiger partial charge >= 0.3 is 0 Å². The zero-order valence-electron chi connectivity index (χ0n) is 13.3. The highest BCUT2D eigenvalue weighted by Gasteiger charge is 2.13. The molecule has 1 unspecified atom stereocenters. The number of nitrogens with zero attached hydrogens (tertiary/aromatic N) is 1. The van der Waals surface area contributed by atoms with Crippen molar-refractivity contribution < 1.29 is 13.2 Å². The van der Waals surface area contributed by atoms with Crippen molar-refractivity contribution in [2.24, 2.45) is 0 Å². The summed E-state index contributed by atoms with van der Waals surface area (Å²) in [6, 6.07) is 7.47. The highest BCUT2D eigenvalue weighted by Crippen LogP contribution is 2.18. The molecule has 0 saturated carbocycles. The van der Waals surface area contributed by atoms with Crippen molar-refractivity contribution in [2.45, 2.75) is 19.9 Å². The van der Waals surface area contributed by atoms with Gasteiger partial charge in [0.1, 0.15) is 12.4 Å². The van der Waals surface area contributed by atoms with Crippen LogP contribution in [0.2, 0.25) is 0 Å². The van der Waals surface area contributed by atoms with Gasteiger partial charge in [-0.2, -0.15) is 0 Å². The van der Waals surface area contributed by atoms with Gasteiger partial charge in [0.15, 0.2) is 9.84 Å². The second kappa shape index (κ2) is 8.24. The Morgan fingerprint density at radius 1 is 1.33 bits per heavy atom. The molecule has 0 radical (unpaired) electrons. The molecule has 1 aromatic rings. The topological polar surface area (TPSA) is 58.6 Å². The third-order valence-electron chi connectivity index (χ3n) is 3.00. The summed E-state index contributed by atoms with van der Waals surface area (Å²) in [5.74, 6) is 1.09. The smallest absolute Gasteiger partial charge is 0.152 e. The van der Waals surface area contributed by atoms with Crippen molar-refractivity contribution in [2.75, 3.05) is 44.1 Å². The maximum absolute atomic E-state index is 11.6. The summed E-state index contributed by atoms with van der Waals surface area (Å²) in [4.78, 5) is 2.06. The number of benzene rings is 1. The Morgan fingerprint density at radius 2 is 2.05 bits per heavy atom. The van der Waals surface area contributed by atoms with E-state index in [0.717, 1.165) is 18.0 Å². The van der Waals surface area contributed by atoms with Crippen LogP contribution in [0.5, 0.6) is 5.75 Å². The number of sulfone groups is 1. The number of ether oxygens (including phenoxy) is 1. The van der Waals surface area contributed by atoms with Crippen LogP contribution in [0.1, 0.15) is 13.8 Å². The quantitative estimate of drug-likeness (QED) is 0.754. The minimum absolute atomic E-state index is 0.132. The lowest BCUT2D eigenvalue weighted by Crippen LogP contribution is -2.26. The minimum atomic E-state index is -2.97. The van der Waals surface area contributed by atoms with Crippen LogP contribution in [0.15, 0.2) is 24.3 Å². The van der Waals surface area contributed by atoms with Crippen molar-refractivity contribution in [1.82, 2.24) is 4.90 Å². The van der Waals surface area contributed by atoms with Crippen LogP contribution in [-0.2, 0) is 9.84 Å². The largest absolute Gasteiger partial charge is 0.492 e. The van der Waals surface area contributed by atoms with Crippen LogP contribution in [0.4, 0.5) is 5.69 Å². The predicted octanol–water partition coefficient (Wildman–Crippen LogP) is 1.86. The summed E-state index contributed by atoms with van der Waals surface area (Å²) in [7, 11) is 1.02. The Kier molecular flexibility index (Phi) is 6.98. The van der Waals surface area contributed by atoms with Gasteiger partial charge in [0, 0.05) is 30.1 Å². The van der Waals surface area contributed by atoms with E-state index in [1.54, 1.807) is 6.92 Å². The van der Waals surface area contributed by atoms with E-state index in [-0.39, 0.29) is 17.5 Å². The summed E-state index contributed by atoms with van der Waals surface area (Å²) in [5, 5.41) is 3.20. The molecule has 0 heterocycles. The molecular formula is C15H26N2O3S. The number of hydrogen-bond acceptors (Lipinski definition) is 5. The molecule has 0 spiro atoms. The van der Waals surface area contributed by atoms with E-state index >= 15 is 0 Å². The summed E-state index contributed by atoms with van der Waals surface area (Å²) >= 11 is 0. The maximum atomic E-state index is 11.6. The highest BCUT2D eigenvalue weighted by molar-refractivity contribution is 7.91. The fourth-order valence-corrected chi connectivity index (χ4v) is 2.93. The number of anilines is 1. The van der Waals surface area contributed by atoms with Gasteiger partial charge in [-0.25, -0.2) is 8.42 Å². The van der Waals surface area contributed by atoms with Gasteiger partial charge in [-0.05, 0) is 33.2 Å². The molecule has 1 atom stereocenters. The SMILES string of the molecule is CCS(=O)(=O)CC(C)Nc1cccc(OCCN(C)C)c1. The van der Waals surface area contributed by atoms with E-state index in [4.69, 9.17) is 4.74 Å². The molecule has 0 amide bonds. The minimum Gasteiger partial charge on any atom is -0.492 e. The van der Waals surface area contributed by atoms with Crippen LogP contribution in [0, 0.1) is 0 Å². The van der Waals surface area contributed by atoms with Gasteiger partial charge < -0.3 is 15.0 Å². The summed E-state index contributed by atoms with van der Waals surface area (Å²) in [6.07, 6.45) is 0. The lowest BCUT2D eigenvalue weighted by molar-refractivity contribution is 0.261. The van der Waals surface area contributed by atoms with Crippen LogP contribution >= 0.6 is 0 Å². The zero-order valence-corrected chi connectivity index (χ0v) is 14.1. The summed E-state index contributed by atoms with van der Waals surface area (Å²) < 4.78 is 28.9. The Labute approximate surface area is 128 Å². The van der Waals surface area contributed by atoms with Gasteiger partial charge in [0.05, 0.1) is 5.75 Å². The molecule has 0 bridgehead atoms. The van der Waals surface area contributed by atoms with Gasteiger partial charge in [0.25, 0.3) is 0 Å². The van der Waals surface area contributed by atoms with E-state index in [1.807, 2.05) is 45.3 Å². The molecule has 6 heteroatoms. The van der Waals surface area contributed by atoms with Crippen LogP contribution in [0.3, 0.4) is 0 Å². The molecule has 1 N–H and O–H groups in total. The third kappa shape index (κ3) is 7.34. The van der Waals surface area contributed by atoms with E-state index in [0.29, 0.717) is 6.61 Å². The Balaban J connectivity index is 2.56. The molecule has 1 aromatic carbocycles. The van der Waals surface area contributed by atoms with Crippen molar-refractivity contribution >= 4 is 15.5 Å². The second-order valence-electron chi connectivity index (χ2n) is 5.42. The van der Waals surface area contributed by atoms with Crippen LogP contribution in [-0.4, -0.2) is 58.1 Å². The summed E-state index contributed by atoms with van der Waals surface area (Å²) in [5.41, 5.74) is 0.871. The summed E-state index contributed by atoms with van der Waals surface area (Å²) in [6.45, 7) is 5.01. The van der Waals surface area contributed by atoms with Gasteiger partial charge in [0.2, 0.25) is 0 Å².